The van der Waals surface area contributed by atoms with Crippen molar-refractivity contribution in [2.45, 2.75) is 96.3 Å². The zero-order chi connectivity index (χ0) is 22.0. The molecule has 188 valence electrons. The maximum atomic E-state index is 6.18. The van der Waals surface area contributed by atoms with Crippen LogP contribution in [-0.4, -0.2) is 77.2 Å². The molecule has 0 radical (unpaired) electrons. The van der Waals surface area contributed by atoms with E-state index < -0.39 is 0 Å². The fraction of sp³-hybridized carbons (Fsp3) is 0.875. The van der Waals surface area contributed by atoms with Crippen LogP contribution in [0.15, 0.2) is 4.99 Å². The summed E-state index contributed by atoms with van der Waals surface area (Å²) >= 11 is 0. The summed E-state index contributed by atoms with van der Waals surface area (Å²) in [5.74, 6) is 3.36. The summed E-state index contributed by atoms with van der Waals surface area (Å²) in [6.07, 6.45) is 13.2. The van der Waals surface area contributed by atoms with Crippen molar-refractivity contribution in [3.8, 4) is 0 Å². The molecule has 0 amide bonds. The van der Waals surface area contributed by atoms with Gasteiger partial charge in [-0.3, -0.25) is 4.99 Å². The fourth-order valence-electron chi connectivity index (χ4n) is 4.99. The van der Waals surface area contributed by atoms with E-state index in [4.69, 9.17) is 14.5 Å². The lowest BCUT2D eigenvalue weighted by atomic mass is 10.1. The summed E-state index contributed by atoms with van der Waals surface area (Å²) in [6.45, 7) is 8.58. The molecule has 4 heterocycles. The van der Waals surface area contributed by atoms with Crippen molar-refractivity contribution < 1.29 is 9.47 Å². The highest BCUT2D eigenvalue weighted by molar-refractivity contribution is 14.0. The van der Waals surface area contributed by atoms with Crippen molar-refractivity contribution in [3.63, 3.8) is 0 Å². The second-order valence-electron chi connectivity index (χ2n) is 9.34. The molecular weight excluding hydrogens is 531 g/mol. The topological polar surface area (TPSA) is 76.8 Å². The number of nitrogens with one attached hydrogen (secondary N) is 1. The highest BCUT2D eigenvalue weighted by Crippen LogP contribution is 2.18. The average Bonchev–Trinajstić information content (AvgIpc) is 3.06. The van der Waals surface area contributed by atoms with Gasteiger partial charge in [0.1, 0.15) is 11.6 Å². The quantitative estimate of drug-likeness (QED) is 0.222. The van der Waals surface area contributed by atoms with Gasteiger partial charge in [0, 0.05) is 52.2 Å². The van der Waals surface area contributed by atoms with Crippen molar-refractivity contribution in [1.29, 1.82) is 0 Å². The third-order valence-electron chi connectivity index (χ3n) is 6.87. The Bertz CT molecular complexity index is 714. The van der Waals surface area contributed by atoms with E-state index in [1.165, 1.54) is 37.9 Å². The number of hydrogen-bond acceptors (Lipinski definition) is 5. The van der Waals surface area contributed by atoms with E-state index >= 15 is 0 Å². The Morgan fingerprint density at radius 1 is 1.09 bits per heavy atom. The zero-order valence-electron chi connectivity index (χ0n) is 20.3. The number of aliphatic imine (C=N–C) groups is 1. The molecule has 0 bridgehead atoms. The van der Waals surface area contributed by atoms with Gasteiger partial charge in [-0.05, 0) is 58.3 Å². The summed E-state index contributed by atoms with van der Waals surface area (Å²) in [5, 5.41) is 12.4. The van der Waals surface area contributed by atoms with Crippen LogP contribution in [0.2, 0.25) is 0 Å². The molecule has 3 aliphatic rings. The molecule has 8 nitrogen and oxygen atoms in total. The molecule has 0 aromatic carbocycles. The molecule has 9 heteroatoms. The second-order valence-corrected chi connectivity index (χ2v) is 9.34. The number of rotatable bonds is 8. The number of guanidine groups is 1. The van der Waals surface area contributed by atoms with Gasteiger partial charge in [0.2, 0.25) is 0 Å². The van der Waals surface area contributed by atoms with Crippen LogP contribution in [0.5, 0.6) is 0 Å². The molecule has 33 heavy (non-hydrogen) atoms. The summed E-state index contributed by atoms with van der Waals surface area (Å²) in [6, 6.07) is 0. The summed E-state index contributed by atoms with van der Waals surface area (Å²) in [7, 11) is 0. The maximum absolute atomic E-state index is 6.18. The predicted octanol–water partition coefficient (Wildman–Crippen LogP) is 3.57. The standard InChI is InChI=1S/C24H42N6O2.HI/c1-2-25-24(26-14-8-11-23-28-27-22-10-4-3-6-15-30(22)23)29-16-12-20(13-17-29)32-19-21-9-5-7-18-31-21;/h20-21H,2-19H2,1H3,(H,25,26);1H. The first kappa shape index (κ1) is 26.7. The normalized spacial score (nSPS) is 22.4. The monoisotopic (exact) mass is 574 g/mol. The van der Waals surface area contributed by atoms with Gasteiger partial charge in [-0.1, -0.05) is 6.42 Å². The number of piperidine rings is 1. The van der Waals surface area contributed by atoms with E-state index in [1.54, 1.807) is 0 Å². The molecule has 3 aliphatic heterocycles. The fourth-order valence-corrected chi connectivity index (χ4v) is 4.99. The van der Waals surface area contributed by atoms with Crippen molar-refractivity contribution >= 4 is 29.9 Å². The van der Waals surface area contributed by atoms with E-state index in [2.05, 4.69) is 31.9 Å². The van der Waals surface area contributed by atoms with Crippen molar-refractivity contribution in [2.24, 2.45) is 4.99 Å². The lowest BCUT2D eigenvalue weighted by molar-refractivity contribution is -0.0721. The molecule has 2 saturated heterocycles. The number of likely N-dealkylation sites (tertiary alicyclic amines) is 1. The molecule has 1 N–H and O–H groups in total. The third-order valence-corrected chi connectivity index (χ3v) is 6.87. The van der Waals surface area contributed by atoms with Gasteiger partial charge in [-0.2, -0.15) is 0 Å². The average molecular weight is 575 g/mol. The lowest BCUT2D eigenvalue weighted by Gasteiger charge is -2.35. The Kier molecular flexibility index (Phi) is 11.7. The second kappa shape index (κ2) is 14.5. The van der Waals surface area contributed by atoms with E-state index in [0.29, 0.717) is 12.2 Å². The molecule has 4 rings (SSSR count). The molecule has 1 atom stereocenters. The van der Waals surface area contributed by atoms with Crippen molar-refractivity contribution in [3.05, 3.63) is 11.6 Å². The van der Waals surface area contributed by atoms with E-state index in [9.17, 15) is 0 Å². The highest BCUT2D eigenvalue weighted by Gasteiger charge is 2.24. The SMILES string of the molecule is CCNC(=NCCCc1nnc2n1CCCCC2)N1CCC(OCC2CCCCO2)CC1.I. The Labute approximate surface area is 216 Å². The van der Waals surface area contributed by atoms with Crippen LogP contribution >= 0.6 is 24.0 Å². The Morgan fingerprint density at radius 3 is 2.76 bits per heavy atom. The molecule has 1 aromatic rings. The summed E-state index contributed by atoms with van der Waals surface area (Å²) in [4.78, 5) is 7.32. The number of aromatic nitrogens is 3. The summed E-state index contributed by atoms with van der Waals surface area (Å²) in [5.41, 5.74) is 0. The highest BCUT2D eigenvalue weighted by atomic mass is 127. The summed E-state index contributed by atoms with van der Waals surface area (Å²) < 4.78 is 14.3. The van der Waals surface area contributed by atoms with E-state index in [-0.39, 0.29) is 24.0 Å². The van der Waals surface area contributed by atoms with Crippen LogP contribution in [0, 0.1) is 0 Å². The van der Waals surface area contributed by atoms with Gasteiger partial charge in [0.25, 0.3) is 0 Å². The van der Waals surface area contributed by atoms with Crippen LogP contribution in [0.4, 0.5) is 0 Å². The molecule has 1 unspecified atom stereocenters. The maximum Gasteiger partial charge on any atom is 0.193 e. The van der Waals surface area contributed by atoms with Gasteiger partial charge in [0.15, 0.2) is 5.96 Å². The number of hydrogen-bond donors (Lipinski definition) is 1. The Hall–Kier alpha value is -0.940. The Morgan fingerprint density at radius 2 is 1.97 bits per heavy atom. The smallest absolute Gasteiger partial charge is 0.193 e. The minimum atomic E-state index is 0. The number of aryl methyl sites for hydroxylation is 2. The minimum Gasteiger partial charge on any atom is -0.376 e. The zero-order valence-corrected chi connectivity index (χ0v) is 22.7. The van der Waals surface area contributed by atoms with Crippen molar-refractivity contribution in [1.82, 2.24) is 25.0 Å². The molecule has 0 spiro atoms. The van der Waals surface area contributed by atoms with Crippen LogP contribution in [-0.2, 0) is 28.9 Å². The number of nitrogens with zero attached hydrogens (tertiary/aromatic N) is 5. The van der Waals surface area contributed by atoms with E-state index in [0.717, 1.165) is 96.2 Å². The van der Waals surface area contributed by atoms with Crippen LogP contribution < -0.4 is 5.32 Å². The Balaban J connectivity index is 0.00000306. The number of fused-ring (bicyclic) bond motifs is 1. The van der Waals surface area contributed by atoms with Crippen molar-refractivity contribution in [2.75, 3.05) is 39.4 Å². The molecular formula is C24H43IN6O2. The first-order valence-electron chi connectivity index (χ1n) is 13.0. The largest absolute Gasteiger partial charge is 0.376 e. The van der Waals surface area contributed by atoms with Gasteiger partial charge >= 0.3 is 0 Å². The van der Waals surface area contributed by atoms with Gasteiger partial charge in [-0.25, -0.2) is 0 Å². The first-order valence-corrected chi connectivity index (χ1v) is 13.0. The molecule has 2 fully saturated rings. The van der Waals surface area contributed by atoms with E-state index in [1.807, 2.05) is 0 Å². The number of halogens is 1. The van der Waals surface area contributed by atoms with Gasteiger partial charge in [0.05, 0.1) is 18.8 Å². The van der Waals surface area contributed by atoms with Gasteiger partial charge in [-0.15, -0.1) is 34.2 Å². The molecule has 0 aliphatic carbocycles. The van der Waals surface area contributed by atoms with Crippen LogP contribution in [0.3, 0.4) is 0 Å². The molecule has 0 saturated carbocycles. The van der Waals surface area contributed by atoms with Crippen LogP contribution in [0.1, 0.15) is 76.4 Å². The third kappa shape index (κ3) is 8.06. The van der Waals surface area contributed by atoms with Gasteiger partial charge < -0.3 is 24.3 Å². The predicted molar refractivity (Wildman–Crippen MR) is 141 cm³/mol. The molecule has 1 aromatic heterocycles. The lowest BCUT2D eigenvalue weighted by Crippen LogP contribution is -2.47. The first-order chi connectivity index (χ1) is 15.8. The minimum absolute atomic E-state index is 0. The van der Waals surface area contributed by atoms with Crippen LogP contribution in [0.25, 0.3) is 0 Å². The number of ether oxygens (including phenoxy) is 2.